The molecule has 0 saturated heterocycles. The summed E-state index contributed by atoms with van der Waals surface area (Å²) in [5.41, 5.74) is 4.94. The quantitative estimate of drug-likeness (QED) is 0.174. The lowest BCUT2D eigenvalue weighted by Crippen LogP contribution is -2.53. The molecule has 242 valence electrons. The van der Waals surface area contributed by atoms with Crippen molar-refractivity contribution in [2.75, 3.05) is 7.11 Å². The molecule has 0 aliphatic heterocycles. The zero-order chi connectivity index (χ0) is 31.8. The molecule has 0 aromatic heterocycles. The number of aromatic hydroxyl groups is 1. The summed E-state index contributed by atoms with van der Waals surface area (Å²) in [5, 5.41) is 9.85. The highest BCUT2D eigenvalue weighted by atomic mass is 16.5. The summed E-state index contributed by atoms with van der Waals surface area (Å²) in [7, 11) is 1.52. The van der Waals surface area contributed by atoms with E-state index in [1.165, 1.54) is 51.7 Å². The topological polar surface area (TPSA) is 55.8 Å². The summed E-state index contributed by atoms with van der Waals surface area (Å²) in [6.45, 7) is 17.0. The number of hydrogen-bond acceptors (Lipinski definition) is 4. The molecule has 1 aromatic carbocycles. The van der Waals surface area contributed by atoms with Crippen LogP contribution in [-0.4, -0.2) is 24.3 Å². The number of methoxy groups -OCH3 is 1. The van der Waals surface area contributed by atoms with E-state index in [1.54, 1.807) is 35.4 Å². The van der Waals surface area contributed by atoms with E-state index in [-0.39, 0.29) is 23.2 Å². The third kappa shape index (κ3) is 6.04. The zero-order valence-electron chi connectivity index (χ0n) is 28.7. The van der Waals surface area contributed by atoms with Gasteiger partial charge >= 0.3 is 5.97 Å². The largest absolute Gasteiger partial charge is 0.504 e. The molecule has 3 fully saturated rings. The predicted octanol–water partition coefficient (Wildman–Crippen LogP) is 10.2. The molecule has 9 atom stereocenters. The molecule has 44 heavy (non-hydrogen) atoms. The Balaban J connectivity index is 1.24. The minimum absolute atomic E-state index is 0.0482. The number of hydrogen-bond donors (Lipinski definition) is 1. The van der Waals surface area contributed by atoms with Crippen molar-refractivity contribution in [2.45, 2.75) is 112 Å². The number of carbonyl (C=O) groups is 1. The van der Waals surface area contributed by atoms with Gasteiger partial charge in [0.05, 0.1) is 7.11 Å². The molecule has 4 aliphatic rings. The number of ether oxygens (including phenoxy) is 2. The Morgan fingerprint density at radius 2 is 1.80 bits per heavy atom. The molecule has 1 aromatic rings. The molecule has 4 aliphatic carbocycles. The molecule has 0 unspecified atom stereocenters. The van der Waals surface area contributed by atoms with E-state index in [2.05, 4.69) is 60.6 Å². The minimum Gasteiger partial charge on any atom is -0.504 e. The van der Waals surface area contributed by atoms with Crippen LogP contribution in [0.4, 0.5) is 0 Å². The summed E-state index contributed by atoms with van der Waals surface area (Å²) in [5.74, 6) is 4.74. The Morgan fingerprint density at radius 1 is 1.07 bits per heavy atom. The first-order valence-electron chi connectivity index (χ1n) is 17.5. The molecule has 4 nitrogen and oxygen atoms in total. The highest BCUT2D eigenvalue weighted by Gasteiger charge is 2.59. The lowest BCUT2D eigenvalue weighted by molar-refractivity contribution is -0.155. The van der Waals surface area contributed by atoms with Crippen molar-refractivity contribution in [2.24, 2.45) is 52.3 Å². The van der Waals surface area contributed by atoms with E-state index < -0.39 is 0 Å². The van der Waals surface area contributed by atoms with E-state index in [0.717, 1.165) is 42.6 Å². The van der Waals surface area contributed by atoms with Crippen LogP contribution in [-0.2, 0) is 9.53 Å². The second-order valence-electron chi connectivity index (χ2n) is 15.6. The maximum atomic E-state index is 12.9. The molecule has 5 rings (SSSR count). The van der Waals surface area contributed by atoms with Crippen LogP contribution in [0.3, 0.4) is 0 Å². The smallest absolute Gasteiger partial charge is 0.331 e. The summed E-state index contributed by atoms with van der Waals surface area (Å²) < 4.78 is 11.3. The maximum absolute atomic E-state index is 12.9. The third-order valence-electron chi connectivity index (χ3n) is 13.2. The van der Waals surface area contributed by atoms with Crippen LogP contribution in [0, 0.1) is 52.3 Å². The van der Waals surface area contributed by atoms with Crippen molar-refractivity contribution in [1.29, 1.82) is 0 Å². The van der Waals surface area contributed by atoms with Gasteiger partial charge in [0.2, 0.25) is 0 Å². The molecule has 0 radical (unpaired) electrons. The van der Waals surface area contributed by atoms with Crippen LogP contribution in [0.1, 0.15) is 112 Å². The molecular formula is C40H58O4. The van der Waals surface area contributed by atoms with Crippen molar-refractivity contribution in [1.82, 2.24) is 0 Å². The Kier molecular flexibility index (Phi) is 9.78. The van der Waals surface area contributed by atoms with E-state index in [1.807, 2.05) is 0 Å². The number of carbonyl (C=O) groups excluding carboxylic acids is 1. The monoisotopic (exact) mass is 602 g/mol. The minimum atomic E-state index is -0.293. The third-order valence-corrected chi connectivity index (χ3v) is 13.2. The van der Waals surface area contributed by atoms with Gasteiger partial charge in [0.1, 0.15) is 6.10 Å². The maximum Gasteiger partial charge on any atom is 0.331 e. The van der Waals surface area contributed by atoms with Gasteiger partial charge in [-0.2, -0.15) is 0 Å². The van der Waals surface area contributed by atoms with Gasteiger partial charge in [-0.1, -0.05) is 70.9 Å². The summed E-state index contributed by atoms with van der Waals surface area (Å²) >= 11 is 0. The highest BCUT2D eigenvalue weighted by Crippen LogP contribution is 2.67. The SMILES string of the molecule is C/C=C(/CC[C@@H](C)[C@H]1CC[C@H]2C3=CC[C@H]4[C@H](C)[C@@H](OC(=O)/C=C\c5ccc(O)c(OC)c5)CC[C@]4(C)[C@H]3CC[C@]12C)C(C)C. The Morgan fingerprint density at radius 3 is 2.50 bits per heavy atom. The average Bonchev–Trinajstić information content (AvgIpc) is 3.35. The second kappa shape index (κ2) is 13.1. The molecule has 3 saturated carbocycles. The predicted molar refractivity (Wildman–Crippen MR) is 180 cm³/mol. The van der Waals surface area contributed by atoms with E-state index >= 15 is 0 Å². The Labute approximate surface area is 267 Å². The first kappa shape index (κ1) is 32.9. The van der Waals surface area contributed by atoms with Gasteiger partial charge in [0.15, 0.2) is 11.5 Å². The van der Waals surface area contributed by atoms with Gasteiger partial charge in [-0.25, -0.2) is 4.79 Å². The van der Waals surface area contributed by atoms with E-state index in [4.69, 9.17) is 9.47 Å². The fourth-order valence-electron chi connectivity index (χ4n) is 10.6. The number of phenols is 1. The van der Waals surface area contributed by atoms with Crippen molar-refractivity contribution in [3.63, 3.8) is 0 Å². The summed E-state index contributed by atoms with van der Waals surface area (Å²) in [6.07, 6.45) is 19.4. The summed E-state index contributed by atoms with van der Waals surface area (Å²) in [4.78, 5) is 12.9. The number of esters is 1. The van der Waals surface area contributed by atoms with Gasteiger partial charge in [-0.05, 0) is 141 Å². The van der Waals surface area contributed by atoms with Gasteiger partial charge in [-0.3, -0.25) is 0 Å². The van der Waals surface area contributed by atoms with Crippen LogP contribution in [0.25, 0.3) is 6.08 Å². The molecule has 0 heterocycles. The molecule has 0 amide bonds. The van der Waals surface area contributed by atoms with Crippen LogP contribution in [0.15, 0.2) is 47.6 Å². The van der Waals surface area contributed by atoms with Crippen molar-refractivity contribution in [3.8, 4) is 11.5 Å². The fraction of sp³-hybridized carbons (Fsp3) is 0.675. The normalized spacial score (nSPS) is 35.9. The number of allylic oxidation sites excluding steroid dienone is 4. The first-order chi connectivity index (χ1) is 20.9. The molecular weight excluding hydrogens is 544 g/mol. The summed E-state index contributed by atoms with van der Waals surface area (Å²) in [6, 6.07) is 5.05. The van der Waals surface area contributed by atoms with Crippen molar-refractivity contribution < 1.29 is 19.4 Å². The standard InChI is InChI=1S/C40H58O4/c1-9-29(25(2)3)13-10-26(4)31-16-17-33-30-14-15-32-27(5)36(21-23-40(32,7)34(30)20-22-39(31,33)6)44-38(42)19-12-28-11-18-35(41)37(24-28)43-8/h9,11-12,14,18-19,24-27,31-34,36,41H,10,13,15-17,20-23H2,1-8H3/b19-12-,29-9-/t26-,27+,31-,32+,33+,34+,36+,39-,40+/m1/s1. The molecule has 1 N–H and O–H groups in total. The first-order valence-corrected chi connectivity index (χ1v) is 17.5. The lowest BCUT2D eigenvalue weighted by atomic mass is 9.46. The Hall–Kier alpha value is -2.49. The number of phenolic OH excluding ortho intramolecular Hbond substituents is 1. The van der Waals surface area contributed by atoms with Crippen LogP contribution < -0.4 is 4.74 Å². The Bertz CT molecular complexity index is 1290. The van der Waals surface area contributed by atoms with Gasteiger partial charge in [0.25, 0.3) is 0 Å². The average molecular weight is 603 g/mol. The second-order valence-corrected chi connectivity index (χ2v) is 15.6. The van der Waals surface area contributed by atoms with Crippen LogP contribution >= 0.6 is 0 Å². The van der Waals surface area contributed by atoms with Gasteiger partial charge < -0.3 is 14.6 Å². The lowest BCUT2D eigenvalue weighted by Gasteiger charge is -2.59. The van der Waals surface area contributed by atoms with Gasteiger partial charge in [0, 0.05) is 6.08 Å². The molecule has 4 heteroatoms. The molecule has 0 bridgehead atoms. The van der Waals surface area contributed by atoms with E-state index in [0.29, 0.717) is 34.8 Å². The van der Waals surface area contributed by atoms with E-state index in [9.17, 15) is 9.90 Å². The number of fused-ring (bicyclic) bond motifs is 5. The van der Waals surface area contributed by atoms with Crippen LogP contribution in [0.5, 0.6) is 11.5 Å². The number of benzene rings is 1. The van der Waals surface area contributed by atoms with Gasteiger partial charge in [-0.15, -0.1) is 0 Å². The molecule has 0 spiro atoms. The van der Waals surface area contributed by atoms with Crippen molar-refractivity contribution in [3.05, 3.63) is 53.1 Å². The number of rotatable bonds is 9. The van der Waals surface area contributed by atoms with Crippen LogP contribution in [0.2, 0.25) is 0 Å². The highest BCUT2D eigenvalue weighted by molar-refractivity contribution is 5.87. The fourth-order valence-corrected chi connectivity index (χ4v) is 10.6. The van der Waals surface area contributed by atoms with Crippen molar-refractivity contribution >= 4 is 12.0 Å². The zero-order valence-corrected chi connectivity index (χ0v) is 28.7.